The number of amides is 1. The van der Waals surface area contributed by atoms with Crippen LogP contribution in [0.1, 0.15) is 53.7 Å². The van der Waals surface area contributed by atoms with Crippen LogP contribution in [0.5, 0.6) is 0 Å². The molecule has 0 saturated heterocycles. The minimum Gasteiger partial charge on any atom is -0.476 e. The van der Waals surface area contributed by atoms with Crippen LogP contribution in [-0.4, -0.2) is 32.8 Å². The van der Waals surface area contributed by atoms with E-state index in [1.807, 2.05) is 13.8 Å². The van der Waals surface area contributed by atoms with Crippen LogP contribution in [-0.2, 0) is 0 Å². The molecule has 0 aromatic carbocycles. The normalized spacial score (nSPS) is 15.0. The predicted octanol–water partition coefficient (Wildman–Crippen LogP) is 1.05. The molecule has 1 aromatic heterocycles. The zero-order valence-corrected chi connectivity index (χ0v) is 9.80. The summed E-state index contributed by atoms with van der Waals surface area (Å²) >= 11 is 0. The Balaban J connectivity index is 2.28. The molecule has 0 bridgehead atoms. The standard InChI is InChI=1S/C11H15N3O3/c1-6(2)14-9(5-8(13-14)11(16)17)10(15)12-7-3-4-7/h5-7H,3-4H2,1-2H3,(H,12,15)(H,16,17). The minimum atomic E-state index is -1.12. The Labute approximate surface area is 98.6 Å². The molecule has 2 N–H and O–H groups in total. The van der Waals surface area contributed by atoms with Crippen molar-refractivity contribution in [2.75, 3.05) is 0 Å². The number of nitrogens with zero attached hydrogens (tertiary/aromatic N) is 2. The Morgan fingerprint density at radius 1 is 1.53 bits per heavy atom. The second kappa shape index (κ2) is 4.20. The Hall–Kier alpha value is -1.85. The molecule has 6 nitrogen and oxygen atoms in total. The molecule has 1 heterocycles. The predicted molar refractivity (Wildman–Crippen MR) is 60.1 cm³/mol. The van der Waals surface area contributed by atoms with Gasteiger partial charge < -0.3 is 10.4 Å². The summed E-state index contributed by atoms with van der Waals surface area (Å²) in [5, 5.41) is 15.6. The highest BCUT2D eigenvalue weighted by molar-refractivity contribution is 5.96. The molecule has 0 unspecified atom stereocenters. The van der Waals surface area contributed by atoms with Crippen molar-refractivity contribution in [3.8, 4) is 0 Å². The molecule has 0 atom stereocenters. The van der Waals surface area contributed by atoms with Gasteiger partial charge in [0.15, 0.2) is 5.69 Å². The van der Waals surface area contributed by atoms with E-state index in [0.717, 1.165) is 12.8 Å². The summed E-state index contributed by atoms with van der Waals surface area (Å²) in [6.45, 7) is 3.71. The van der Waals surface area contributed by atoms with Crippen LogP contribution in [0.15, 0.2) is 6.07 Å². The van der Waals surface area contributed by atoms with Gasteiger partial charge in [-0.2, -0.15) is 5.10 Å². The number of carboxylic acids is 1. The molecule has 92 valence electrons. The van der Waals surface area contributed by atoms with Crippen molar-refractivity contribution < 1.29 is 14.7 Å². The van der Waals surface area contributed by atoms with Crippen LogP contribution in [0, 0.1) is 0 Å². The molecule has 0 spiro atoms. The van der Waals surface area contributed by atoms with Crippen LogP contribution in [0.25, 0.3) is 0 Å². The van der Waals surface area contributed by atoms with E-state index in [0.29, 0.717) is 5.69 Å². The first-order valence-electron chi connectivity index (χ1n) is 5.62. The lowest BCUT2D eigenvalue weighted by Crippen LogP contribution is -2.28. The van der Waals surface area contributed by atoms with E-state index in [4.69, 9.17) is 5.11 Å². The maximum Gasteiger partial charge on any atom is 0.356 e. The van der Waals surface area contributed by atoms with Crippen molar-refractivity contribution in [3.63, 3.8) is 0 Å². The monoisotopic (exact) mass is 237 g/mol. The summed E-state index contributed by atoms with van der Waals surface area (Å²) in [5.74, 6) is -1.37. The van der Waals surface area contributed by atoms with Gasteiger partial charge in [-0.15, -0.1) is 0 Å². The topological polar surface area (TPSA) is 84.2 Å². The van der Waals surface area contributed by atoms with Gasteiger partial charge in [-0.25, -0.2) is 4.79 Å². The average Bonchev–Trinajstić information content (AvgIpc) is 2.93. The Bertz CT molecular complexity index is 461. The molecule has 0 aliphatic heterocycles. The molecule has 6 heteroatoms. The molecule has 1 saturated carbocycles. The number of hydrogen-bond acceptors (Lipinski definition) is 3. The molecule has 1 aliphatic carbocycles. The molecule has 0 radical (unpaired) electrons. The van der Waals surface area contributed by atoms with Gasteiger partial charge in [0, 0.05) is 18.2 Å². The highest BCUT2D eigenvalue weighted by atomic mass is 16.4. The van der Waals surface area contributed by atoms with Crippen molar-refractivity contribution in [1.82, 2.24) is 15.1 Å². The number of nitrogens with one attached hydrogen (secondary N) is 1. The van der Waals surface area contributed by atoms with E-state index in [9.17, 15) is 9.59 Å². The lowest BCUT2D eigenvalue weighted by molar-refractivity contribution is 0.0689. The largest absolute Gasteiger partial charge is 0.476 e. The molecular weight excluding hydrogens is 222 g/mol. The summed E-state index contributed by atoms with van der Waals surface area (Å²) < 4.78 is 1.45. The van der Waals surface area contributed by atoms with Crippen molar-refractivity contribution >= 4 is 11.9 Å². The fourth-order valence-electron chi connectivity index (χ4n) is 1.55. The zero-order valence-electron chi connectivity index (χ0n) is 9.80. The minimum absolute atomic E-state index is 0.0527. The van der Waals surface area contributed by atoms with Crippen LogP contribution in [0.2, 0.25) is 0 Å². The van der Waals surface area contributed by atoms with Gasteiger partial charge in [-0.1, -0.05) is 0 Å². The SMILES string of the molecule is CC(C)n1nc(C(=O)O)cc1C(=O)NC1CC1. The van der Waals surface area contributed by atoms with Crippen LogP contribution in [0.4, 0.5) is 0 Å². The number of carbonyl (C=O) groups is 2. The fourth-order valence-corrected chi connectivity index (χ4v) is 1.55. The molecule has 1 amide bonds. The summed E-state index contributed by atoms with van der Waals surface area (Å²) in [4.78, 5) is 22.7. The van der Waals surface area contributed by atoms with E-state index in [1.165, 1.54) is 10.7 Å². The smallest absolute Gasteiger partial charge is 0.356 e. The van der Waals surface area contributed by atoms with Gasteiger partial charge >= 0.3 is 5.97 Å². The molecular formula is C11H15N3O3. The van der Waals surface area contributed by atoms with E-state index < -0.39 is 5.97 Å². The molecule has 17 heavy (non-hydrogen) atoms. The van der Waals surface area contributed by atoms with E-state index in [-0.39, 0.29) is 23.7 Å². The quantitative estimate of drug-likeness (QED) is 0.819. The van der Waals surface area contributed by atoms with Crippen molar-refractivity contribution in [2.45, 2.75) is 38.8 Å². The number of carboxylic acid groups (broad SMARTS) is 1. The van der Waals surface area contributed by atoms with Gasteiger partial charge in [-0.3, -0.25) is 9.48 Å². The summed E-state index contributed by atoms with van der Waals surface area (Å²) in [7, 11) is 0. The lowest BCUT2D eigenvalue weighted by Gasteiger charge is -2.10. The number of hydrogen-bond donors (Lipinski definition) is 2. The third kappa shape index (κ3) is 2.46. The number of carbonyl (C=O) groups excluding carboxylic acids is 1. The van der Waals surface area contributed by atoms with Gasteiger partial charge in [0.2, 0.25) is 0 Å². The van der Waals surface area contributed by atoms with Crippen LogP contribution >= 0.6 is 0 Å². The molecule has 2 rings (SSSR count). The number of aromatic carboxylic acids is 1. The van der Waals surface area contributed by atoms with Crippen LogP contribution in [0.3, 0.4) is 0 Å². The van der Waals surface area contributed by atoms with Gasteiger partial charge in [-0.05, 0) is 26.7 Å². The highest BCUT2D eigenvalue weighted by Gasteiger charge is 2.27. The third-order valence-corrected chi connectivity index (χ3v) is 2.59. The maximum atomic E-state index is 11.9. The first-order chi connectivity index (χ1) is 7.99. The van der Waals surface area contributed by atoms with E-state index >= 15 is 0 Å². The second-order valence-corrected chi connectivity index (χ2v) is 4.51. The Morgan fingerprint density at radius 3 is 2.65 bits per heavy atom. The van der Waals surface area contributed by atoms with Crippen molar-refractivity contribution in [1.29, 1.82) is 0 Å². The van der Waals surface area contributed by atoms with Gasteiger partial charge in [0.05, 0.1) is 0 Å². The Kier molecular flexibility index (Phi) is 2.87. The number of rotatable bonds is 4. The molecule has 1 fully saturated rings. The average molecular weight is 237 g/mol. The third-order valence-electron chi connectivity index (χ3n) is 2.59. The van der Waals surface area contributed by atoms with E-state index in [2.05, 4.69) is 10.4 Å². The first-order valence-corrected chi connectivity index (χ1v) is 5.62. The lowest BCUT2D eigenvalue weighted by atomic mass is 10.3. The van der Waals surface area contributed by atoms with E-state index in [1.54, 1.807) is 0 Å². The first kappa shape index (κ1) is 11.6. The summed E-state index contributed by atoms with van der Waals surface area (Å²) in [6.07, 6.45) is 1.99. The van der Waals surface area contributed by atoms with Crippen molar-refractivity contribution in [2.24, 2.45) is 0 Å². The summed E-state index contributed by atoms with van der Waals surface area (Å²) in [5.41, 5.74) is 0.212. The van der Waals surface area contributed by atoms with Crippen LogP contribution < -0.4 is 5.32 Å². The fraction of sp³-hybridized carbons (Fsp3) is 0.545. The van der Waals surface area contributed by atoms with Gasteiger partial charge in [0.25, 0.3) is 5.91 Å². The Morgan fingerprint density at radius 2 is 2.18 bits per heavy atom. The number of aromatic nitrogens is 2. The zero-order chi connectivity index (χ0) is 12.6. The second-order valence-electron chi connectivity index (χ2n) is 4.51. The highest BCUT2D eigenvalue weighted by Crippen LogP contribution is 2.20. The van der Waals surface area contributed by atoms with Crippen molar-refractivity contribution in [3.05, 3.63) is 17.5 Å². The summed E-state index contributed by atoms with van der Waals surface area (Å²) in [6, 6.07) is 1.51. The molecule has 1 aromatic rings. The molecule has 1 aliphatic rings. The maximum absolute atomic E-state index is 11.9. The van der Waals surface area contributed by atoms with Gasteiger partial charge in [0.1, 0.15) is 5.69 Å².